The third-order valence-electron chi connectivity index (χ3n) is 5.54. The molecule has 32 heavy (non-hydrogen) atoms. The Hall–Kier alpha value is -3.45. The lowest BCUT2D eigenvalue weighted by Gasteiger charge is -2.27. The molecular formula is C25H24N2O4S. The second-order valence-electron chi connectivity index (χ2n) is 7.84. The number of carbonyl (C=O) groups is 3. The molecule has 0 saturated carbocycles. The van der Waals surface area contributed by atoms with E-state index in [0.717, 1.165) is 21.7 Å². The van der Waals surface area contributed by atoms with E-state index in [1.807, 2.05) is 73.8 Å². The number of para-hydroxylation sites is 1. The topological polar surface area (TPSA) is 75.7 Å². The Kier molecular flexibility index (Phi) is 6.37. The SMILES string of the molecule is Cc1ccc(N2C(=O)C[C@@H](C(=O)OCC(=O)Nc3ccccc3C)[C@H]2c2cccs2)cc1. The van der Waals surface area contributed by atoms with Crippen LogP contribution in [-0.2, 0) is 19.1 Å². The largest absolute Gasteiger partial charge is 0.455 e. The van der Waals surface area contributed by atoms with E-state index >= 15 is 0 Å². The number of aryl methyl sites for hydroxylation is 2. The predicted molar refractivity (Wildman–Crippen MR) is 125 cm³/mol. The molecule has 2 atom stereocenters. The van der Waals surface area contributed by atoms with Crippen molar-refractivity contribution in [1.29, 1.82) is 0 Å². The predicted octanol–water partition coefficient (Wildman–Crippen LogP) is 4.64. The number of ether oxygens (including phenoxy) is 1. The normalized spacial score (nSPS) is 17.9. The quantitative estimate of drug-likeness (QED) is 0.558. The van der Waals surface area contributed by atoms with Gasteiger partial charge in [0.1, 0.15) is 0 Å². The van der Waals surface area contributed by atoms with Gasteiger partial charge >= 0.3 is 5.97 Å². The van der Waals surface area contributed by atoms with Crippen LogP contribution in [0.4, 0.5) is 11.4 Å². The fraction of sp³-hybridized carbons (Fsp3) is 0.240. The number of carbonyl (C=O) groups excluding carboxylic acids is 3. The van der Waals surface area contributed by atoms with Crippen molar-refractivity contribution in [3.8, 4) is 0 Å². The molecule has 1 N–H and O–H groups in total. The molecule has 0 spiro atoms. The molecule has 6 nitrogen and oxygen atoms in total. The summed E-state index contributed by atoms with van der Waals surface area (Å²) in [5, 5.41) is 4.67. The first-order valence-electron chi connectivity index (χ1n) is 10.4. The van der Waals surface area contributed by atoms with Gasteiger partial charge in [-0.3, -0.25) is 14.4 Å². The van der Waals surface area contributed by atoms with Gasteiger partial charge in [0.05, 0.1) is 12.0 Å². The van der Waals surface area contributed by atoms with Crippen LogP contribution in [-0.4, -0.2) is 24.4 Å². The number of nitrogens with one attached hydrogen (secondary N) is 1. The van der Waals surface area contributed by atoms with Gasteiger partial charge in [0.25, 0.3) is 5.91 Å². The highest BCUT2D eigenvalue weighted by atomic mass is 32.1. The minimum absolute atomic E-state index is 0.0364. The molecular weight excluding hydrogens is 424 g/mol. The molecule has 2 aromatic carbocycles. The summed E-state index contributed by atoms with van der Waals surface area (Å²) in [6.07, 6.45) is 0.0364. The maximum atomic E-state index is 13.0. The van der Waals surface area contributed by atoms with Gasteiger partial charge in [-0.1, -0.05) is 42.0 Å². The Bertz CT molecular complexity index is 1130. The van der Waals surface area contributed by atoms with E-state index in [9.17, 15) is 14.4 Å². The van der Waals surface area contributed by atoms with Gasteiger partial charge in [-0.25, -0.2) is 0 Å². The standard InChI is InChI=1S/C25H24N2O4S/c1-16-9-11-18(12-10-16)27-23(29)14-19(24(27)21-8-5-13-32-21)25(30)31-15-22(28)26-20-7-4-3-6-17(20)2/h3-13,19,24H,14-15H2,1-2H3,(H,26,28)/t19-,24+/m1/s1. The zero-order chi connectivity index (χ0) is 22.7. The highest BCUT2D eigenvalue weighted by Gasteiger charge is 2.46. The Labute approximate surface area is 190 Å². The third-order valence-corrected chi connectivity index (χ3v) is 6.48. The number of anilines is 2. The number of rotatable bonds is 6. The summed E-state index contributed by atoms with van der Waals surface area (Å²) in [6.45, 7) is 3.46. The van der Waals surface area contributed by atoms with Crippen LogP contribution >= 0.6 is 11.3 Å². The van der Waals surface area contributed by atoms with Crippen LogP contribution in [0.2, 0.25) is 0 Å². The molecule has 2 heterocycles. The molecule has 0 unspecified atom stereocenters. The fourth-order valence-electron chi connectivity index (χ4n) is 3.88. The maximum absolute atomic E-state index is 13.0. The molecule has 0 aliphatic carbocycles. The van der Waals surface area contributed by atoms with Crippen molar-refractivity contribution in [2.24, 2.45) is 5.92 Å². The molecule has 1 fully saturated rings. The van der Waals surface area contributed by atoms with Crippen molar-refractivity contribution < 1.29 is 19.1 Å². The molecule has 164 valence electrons. The second kappa shape index (κ2) is 9.36. The van der Waals surface area contributed by atoms with Gasteiger partial charge in [0.15, 0.2) is 6.61 Å². The average molecular weight is 449 g/mol. The number of thiophene rings is 1. The molecule has 4 rings (SSSR count). The Morgan fingerprint density at radius 1 is 1.06 bits per heavy atom. The number of hydrogen-bond acceptors (Lipinski definition) is 5. The third kappa shape index (κ3) is 4.57. The minimum atomic E-state index is -0.686. The van der Waals surface area contributed by atoms with Crippen molar-refractivity contribution in [3.63, 3.8) is 0 Å². The van der Waals surface area contributed by atoms with Crippen LogP contribution in [0.15, 0.2) is 66.0 Å². The lowest BCUT2D eigenvalue weighted by molar-refractivity contribution is -0.152. The monoisotopic (exact) mass is 448 g/mol. The fourth-order valence-corrected chi connectivity index (χ4v) is 4.76. The summed E-state index contributed by atoms with van der Waals surface area (Å²) in [5.74, 6) is -1.79. The molecule has 3 aromatic rings. The molecule has 0 radical (unpaired) electrons. The molecule has 1 aliphatic rings. The summed E-state index contributed by atoms with van der Waals surface area (Å²) in [6, 6.07) is 18.4. The molecule has 1 aromatic heterocycles. The molecule has 7 heteroatoms. The number of hydrogen-bond donors (Lipinski definition) is 1. The van der Waals surface area contributed by atoms with E-state index < -0.39 is 30.4 Å². The minimum Gasteiger partial charge on any atom is -0.455 e. The van der Waals surface area contributed by atoms with E-state index in [1.165, 1.54) is 11.3 Å². The number of nitrogens with zero attached hydrogens (tertiary/aromatic N) is 1. The van der Waals surface area contributed by atoms with Gasteiger partial charge in [-0.15, -0.1) is 11.3 Å². The first-order valence-corrected chi connectivity index (χ1v) is 11.3. The number of esters is 1. The molecule has 2 amide bonds. The van der Waals surface area contributed by atoms with E-state index in [0.29, 0.717) is 5.69 Å². The van der Waals surface area contributed by atoms with Crippen LogP contribution in [0.3, 0.4) is 0 Å². The van der Waals surface area contributed by atoms with Crippen molar-refractivity contribution >= 4 is 40.5 Å². The summed E-state index contributed by atoms with van der Waals surface area (Å²) >= 11 is 1.49. The lowest BCUT2D eigenvalue weighted by atomic mass is 9.99. The van der Waals surface area contributed by atoms with Crippen LogP contribution in [0.5, 0.6) is 0 Å². The maximum Gasteiger partial charge on any atom is 0.312 e. The summed E-state index contributed by atoms with van der Waals surface area (Å²) in [5.41, 5.74) is 3.42. The first kappa shape index (κ1) is 21.8. The zero-order valence-corrected chi connectivity index (χ0v) is 18.7. The van der Waals surface area contributed by atoms with E-state index in [2.05, 4.69) is 5.32 Å². The van der Waals surface area contributed by atoms with Crippen LogP contribution in [0.25, 0.3) is 0 Å². The van der Waals surface area contributed by atoms with E-state index in [4.69, 9.17) is 4.74 Å². The van der Waals surface area contributed by atoms with Gasteiger partial charge in [0, 0.05) is 22.7 Å². The number of benzene rings is 2. The summed E-state index contributed by atoms with van der Waals surface area (Å²) in [4.78, 5) is 40.8. The van der Waals surface area contributed by atoms with Crippen molar-refractivity contribution in [1.82, 2.24) is 0 Å². The van der Waals surface area contributed by atoms with Crippen LogP contribution in [0, 0.1) is 19.8 Å². The number of amides is 2. The Morgan fingerprint density at radius 2 is 1.81 bits per heavy atom. The summed E-state index contributed by atoms with van der Waals surface area (Å²) in [7, 11) is 0. The highest BCUT2D eigenvalue weighted by molar-refractivity contribution is 7.10. The highest BCUT2D eigenvalue weighted by Crippen LogP contribution is 2.43. The Morgan fingerprint density at radius 3 is 2.50 bits per heavy atom. The Balaban J connectivity index is 1.49. The molecule has 1 aliphatic heterocycles. The first-order chi connectivity index (χ1) is 15.4. The lowest BCUT2D eigenvalue weighted by Crippen LogP contribution is -2.31. The smallest absolute Gasteiger partial charge is 0.312 e. The molecule has 1 saturated heterocycles. The molecule has 0 bridgehead atoms. The van der Waals surface area contributed by atoms with Gasteiger partial charge in [0.2, 0.25) is 5.91 Å². The zero-order valence-electron chi connectivity index (χ0n) is 17.9. The van der Waals surface area contributed by atoms with Gasteiger partial charge < -0.3 is 15.0 Å². The van der Waals surface area contributed by atoms with Crippen LogP contribution in [0.1, 0.15) is 28.5 Å². The van der Waals surface area contributed by atoms with E-state index in [1.54, 1.807) is 11.0 Å². The van der Waals surface area contributed by atoms with Crippen molar-refractivity contribution in [2.75, 3.05) is 16.8 Å². The van der Waals surface area contributed by atoms with Crippen molar-refractivity contribution in [3.05, 3.63) is 82.0 Å². The van der Waals surface area contributed by atoms with Gasteiger partial charge in [-0.05, 0) is 49.1 Å². The van der Waals surface area contributed by atoms with Gasteiger partial charge in [-0.2, -0.15) is 0 Å². The van der Waals surface area contributed by atoms with Crippen molar-refractivity contribution in [2.45, 2.75) is 26.3 Å². The van der Waals surface area contributed by atoms with E-state index in [-0.39, 0.29) is 12.3 Å². The summed E-state index contributed by atoms with van der Waals surface area (Å²) < 4.78 is 5.35. The van der Waals surface area contributed by atoms with Crippen LogP contribution < -0.4 is 10.2 Å². The average Bonchev–Trinajstić information content (AvgIpc) is 3.42. The second-order valence-corrected chi connectivity index (χ2v) is 8.82.